The number of hydrogen-bond donors (Lipinski definition) is 0. The highest BCUT2D eigenvalue weighted by atomic mass is 32.1. The lowest BCUT2D eigenvalue weighted by Crippen LogP contribution is -2.15. The van der Waals surface area contributed by atoms with Crippen molar-refractivity contribution in [3.8, 4) is 22.1 Å². The number of benzene rings is 2. The zero-order chi connectivity index (χ0) is 19.5. The highest BCUT2D eigenvalue weighted by Crippen LogP contribution is 2.30. The Balaban J connectivity index is 1.46. The minimum Gasteiger partial charge on any atom is -0.497 e. The number of thiazole rings is 1. The third-order valence-electron chi connectivity index (χ3n) is 4.16. The van der Waals surface area contributed by atoms with Gasteiger partial charge < -0.3 is 18.9 Å². The van der Waals surface area contributed by atoms with Crippen molar-refractivity contribution in [2.24, 2.45) is 0 Å². The molecule has 0 spiro atoms. The van der Waals surface area contributed by atoms with E-state index in [0.29, 0.717) is 21.9 Å². The number of carbonyl (C=O) groups is 1. The molecule has 4 rings (SSSR count). The molecular formula is C20H16FNO5S. The SMILES string of the molecule is COc1ccc(-c2nc(C(=O)OCc3cc(F)cc4c3OCOC4)cs2)cc1. The minimum atomic E-state index is -0.582. The van der Waals surface area contributed by atoms with E-state index in [2.05, 4.69) is 4.98 Å². The third kappa shape index (κ3) is 3.83. The first-order valence-electron chi connectivity index (χ1n) is 8.43. The fourth-order valence-electron chi connectivity index (χ4n) is 2.81. The minimum absolute atomic E-state index is 0.0802. The lowest BCUT2D eigenvalue weighted by Gasteiger charge is -2.20. The normalized spacial score (nSPS) is 12.8. The van der Waals surface area contributed by atoms with Gasteiger partial charge in [-0.15, -0.1) is 11.3 Å². The Bertz CT molecular complexity index is 1000. The highest BCUT2D eigenvalue weighted by molar-refractivity contribution is 7.13. The maximum absolute atomic E-state index is 13.8. The van der Waals surface area contributed by atoms with Crippen LogP contribution < -0.4 is 9.47 Å². The molecule has 0 bridgehead atoms. The quantitative estimate of drug-likeness (QED) is 0.598. The average Bonchev–Trinajstić information content (AvgIpc) is 3.22. The predicted molar refractivity (Wildman–Crippen MR) is 99.9 cm³/mol. The summed E-state index contributed by atoms with van der Waals surface area (Å²) in [5.74, 6) is 0.221. The van der Waals surface area contributed by atoms with Gasteiger partial charge >= 0.3 is 5.97 Å². The van der Waals surface area contributed by atoms with Crippen LogP contribution in [0.15, 0.2) is 41.8 Å². The first kappa shape index (κ1) is 18.4. The maximum Gasteiger partial charge on any atom is 0.358 e. The topological polar surface area (TPSA) is 66.9 Å². The Morgan fingerprint density at radius 1 is 1.29 bits per heavy atom. The highest BCUT2D eigenvalue weighted by Gasteiger charge is 2.19. The molecule has 2 aromatic carbocycles. The van der Waals surface area contributed by atoms with Crippen LogP contribution in [-0.4, -0.2) is 24.9 Å². The molecular weight excluding hydrogens is 385 g/mol. The van der Waals surface area contributed by atoms with Crippen molar-refractivity contribution in [1.82, 2.24) is 4.98 Å². The fraction of sp³-hybridized carbons (Fsp3) is 0.200. The Kier molecular flexibility index (Phi) is 5.23. The number of aromatic nitrogens is 1. The number of halogens is 1. The van der Waals surface area contributed by atoms with Gasteiger partial charge in [-0.05, 0) is 36.4 Å². The van der Waals surface area contributed by atoms with Crippen molar-refractivity contribution in [3.63, 3.8) is 0 Å². The molecule has 0 N–H and O–H groups in total. The zero-order valence-electron chi connectivity index (χ0n) is 14.9. The summed E-state index contributed by atoms with van der Waals surface area (Å²) in [5.41, 5.74) is 2.12. The molecule has 3 aromatic rings. The summed E-state index contributed by atoms with van der Waals surface area (Å²) >= 11 is 1.34. The second-order valence-corrected chi connectivity index (χ2v) is 6.86. The Hall–Kier alpha value is -2.97. The van der Waals surface area contributed by atoms with E-state index in [1.807, 2.05) is 24.3 Å². The van der Waals surface area contributed by atoms with E-state index in [-0.39, 0.29) is 25.7 Å². The monoisotopic (exact) mass is 401 g/mol. The summed E-state index contributed by atoms with van der Waals surface area (Å²) in [5, 5.41) is 2.33. The Morgan fingerprint density at radius 3 is 2.89 bits per heavy atom. The number of rotatable bonds is 5. The number of carbonyl (C=O) groups excluding carboxylic acids is 1. The number of ether oxygens (including phenoxy) is 4. The molecule has 0 fully saturated rings. The summed E-state index contributed by atoms with van der Waals surface area (Å²) in [6, 6.07) is 10.0. The summed E-state index contributed by atoms with van der Waals surface area (Å²) in [6.07, 6.45) is 0. The van der Waals surface area contributed by atoms with Crippen LogP contribution >= 0.6 is 11.3 Å². The van der Waals surface area contributed by atoms with Crippen LogP contribution in [-0.2, 0) is 22.7 Å². The molecule has 0 amide bonds. The molecule has 28 heavy (non-hydrogen) atoms. The second-order valence-electron chi connectivity index (χ2n) is 6.01. The van der Waals surface area contributed by atoms with E-state index in [0.717, 1.165) is 11.3 Å². The van der Waals surface area contributed by atoms with E-state index in [9.17, 15) is 9.18 Å². The molecule has 0 unspecified atom stereocenters. The van der Waals surface area contributed by atoms with Crippen molar-refractivity contribution in [2.75, 3.05) is 13.9 Å². The molecule has 8 heteroatoms. The second kappa shape index (κ2) is 7.95. The van der Waals surface area contributed by atoms with E-state index < -0.39 is 11.8 Å². The van der Waals surface area contributed by atoms with E-state index in [1.165, 1.54) is 23.5 Å². The Morgan fingerprint density at radius 2 is 2.11 bits per heavy atom. The van der Waals surface area contributed by atoms with Gasteiger partial charge in [0.05, 0.1) is 13.7 Å². The van der Waals surface area contributed by atoms with Gasteiger partial charge in [-0.25, -0.2) is 14.2 Å². The van der Waals surface area contributed by atoms with Crippen LogP contribution in [0.2, 0.25) is 0 Å². The van der Waals surface area contributed by atoms with E-state index >= 15 is 0 Å². The first-order valence-corrected chi connectivity index (χ1v) is 9.31. The van der Waals surface area contributed by atoms with Gasteiger partial charge in [-0.2, -0.15) is 0 Å². The molecule has 1 aliphatic heterocycles. The van der Waals surface area contributed by atoms with Crippen LogP contribution in [0.4, 0.5) is 4.39 Å². The van der Waals surface area contributed by atoms with Gasteiger partial charge in [0.15, 0.2) is 12.5 Å². The zero-order valence-corrected chi connectivity index (χ0v) is 15.8. The van der Waals surface area contributed by atoms with Crippen molar-refractivity contribution in [2.45, 2.75) is 13.2 Å². The summed E-state index contributed by atoms with van der Waals surface area (Å²) in [4.78, 5) is 16.7. The molecule has 1 aliphatic rings. The van der Waals surface area contributed by atoms with Crippen LogP contribution in [0.1, 0.15) is 21.6 Å². The number of fused-ring (bicyclic) bond motifs is 1. The van der Waals surface area contributed by atoms with Crippen LogP contribution in [0.3, 0.4) is 0 Å². The smallest absolute Gasteiger partial charge is 0.358 e. The maximum atomic E-state index is 13.8. The lowest BCUT2D eigenvalue weighted by molar-refractivity contribution is -0.0183. The van der Waals surface area contributed by atoms with Gasteiger partial charge in [0.2, 0.25) is 0 Å². The molecule has 0 aliphatic carbocycles. The third-order valence-corrected chi connectivity index (χ3v) is 5.05. The predicted octanol–water partition coefficient (Wildman–Crippen LogP) is 4.18. The van der Waals surface area contributed by atoms with Crippen LogP contribution in [0, 0.1) is 5.82 Å². The summed E-state index contributed by atoms with van der Waals surface area (Å²) in [7, 11) is 1.60. The molecule has 0 saturated carbocycles. The van der Waals surface area contributed by atoms with Crippen LogP contribution in [0.5, 0.6) is 11.5 Å². The molecule has 6 nitrogen and oxygen atoms in total. The molecule has 1 aromatic heterocycles. The number of methoxy groups -OCH3 is 1. The average molecular weight is 401 g/mol. The number of hydrogen-bond acceptors (Lipinski definition) is 7. The standard InChI is InChI=1S/C20H16FNO5S/c1-24-16-4-2-12(3-5-16)19-22-17(10-28-19)20(23)26-9-14-7-15(21)6-13-8-25-11-27-18(13)14/h2-7,10H,8-9,11H2,1H3. The van der Waals surface area contributed by atoms with Gasteiger partial charge in [-0.1, -0.05) is 0 Å². The number of esters is 1. The van der Waals surface area contributed by atoms with E-state index in [1.54, 1.807) is 12.5 Å². The first-order chi connectivity index (χ1) is 13.6. The van der Waals surface area contributed by atoms with Gasteiger partial charge in [0.1, 0.15) is 28.9 Å². The molecule has 0 saturated heterocycles. The van der Waals surface area contributed by atoms with Gasteiger partial charge in [-0.3, -0.25) is 0 Å². The van der Waals surface area contributed by atoms with Crippen molar-refractivity contribution >= 4 is 17.3 Å². The van der Waals surface area contributed by atoms with Gasteiger partial charge in [0.25, 0.3) is 0 Å². The van der Waals surface area contributed by atoms with Crippen LogP contribution in [0.25, 0.3) is 10.6 Å². The van der Waals surface area contributed by atoms with Crippen molar-refractivity contribution in [3.05, 3.63) is 64.4 Å². The van der Waals surface area contributed by atoms with E-state index in [4.69, 9.17) is 18.9 Å². The lowest BCUT2D eigenvalue weighted by atomic mass is 10.1. The Labute approximate surface area is 164 Å². The molecule has 2 heterocycles. The molecule has 144 valence electrons. The molecule has 0 radical (unpaired) electrons. The summed E-state index contributed by atoms with van der Waals surface area (Å²) in [6.45, 7) is 0.219. The van der Waals surface area contributed by atoms with Crippen molar-refractivity contribution < 1.29 is 28.1 Å². The van der Waals surface area contributed by atoms with Crippen molar-refractivity contribution in [1.29, 1.82) is 0 Å². The number of nitrogens with zero attached hydrogens (tertiary/aromatic N) is 1. The fourth-order valence-corrected chi connectivity index (χ4v) is 3.61. The largest absolute Gasteiger partial charge is 0.497 e. The molecule has 0 atom stereocenters. The summed E-state index contributed by atoms with van der Waals surface area (Å²) < 4.78 is 34.8. The van der Waals surface area contributed by atoms with Gasteiger partial charge in [0, 0.05) is 22.1 Å².